The smallest absolute Gasteiger partial charge is 0.410 e. The van der Waals surface area contributed by atoms with Crippen LogP contribution in [0.5, 0.6) is 5.75 Å². The fourth-order valence-electron chi connectivity index (χ4n) is 2.67. The molecule has 7 heteroatoms. The van der Waals surface area contributed by atoms with Crippen LogP contribution in [-0.4, -0.2) is 66.1 Å². The molecular weight excluding hydrogens is 334 g/mol. The number of amides is 1. The number of carbonyl (C=O) groups excluding carboxylic acids is 1. The third-order valence-corrected chi connectivity index (χ3v) is 4.05. The number of anilines is 1. The zero-order chi connectivity index (χ0) is 19.0. The number of piperazine rings is 1. The summed E-state index contributed by atoms with van der Waals surface area (Å²) >= 11 is 0. The summed E-state index contributed by atoms with van der Waals surface area (Å²) in [4.78, 5) is 20.5. The van der Waals surface area contributed by atoms with Crippen LogP contribution in [0.2, 0.25) is 0 Å². The van der Waals surface area contributed by atoms with Crippen LogP contribution in [0.15, 0.2) is 18.3 Å². The van der Waals surface area contributed by atoms with Gasteiger partial charge in [-0.05, 0) is 52.2 Å². The fourth-order valence-corrected chi connectivity index (χ4v) is 2.67. The van der Waals surface area contributed by atoms with Gasteiger partial charge in [-0.3, -0.25) is 0 Å². The van der Waals surface area contributed by atoms with Gasteiger partial charge in [0.05, 0.1) is 12.8 Å². The Hall–Kier alpha value is -2.02. The average Bonchev–Trinajstić information content (AvgIpc) is 2.61. The number of hydrogen-bond donors (Lipinski definition) is 1. The van der Waals surface area contributed by atoms with Gasteiger partial charge in [0.15, 0.2) is 0 Å². The van der Waals surface area contributed by atoms with Crippen LogP contribution in [0.3, 0.4) is 0 Å². The molecule has 2 heterocycles. The van der Waals surface area contributed by atoms with Crippen LogP contribution in [0, 0.1) is 0 Å². The maximum atomic E-state index is 12.1. The molecule has 1 amide bonds. The highest BCUT2D eigenvalue weighted by atomic mass is 16.6. The summed E-state index contributed by atoms with van der Waals surface area (Å²) in [6, 6.07) is 3.88. The average molecular weight is 365 g/mol. The quantitative estimate of drug-likeness (QED) is 0.749. The van der Waals surface area contributed by atoms with Crippen molar-refractivity contribution in [1.82, 2.24) is 9.88 Å². The molecule has 26 heavy (non-hydrogen) atoms. The lowest BCUT2D eigenvalue weighted by atomic mass is 10.2. The van der Waals surface area contributed by atoms with E-state index in [1.54, 1.807) is 11.1 Å². The molecule has 2 rings (SSSR count). The summed E-state index contributed by atoms with van der Waals surface area (Å²) in [5.74, 6) is 1.65. The third-order valence-electron chi connectivity index (χ3n) is 4.05. The van der Waals surface area contributed by atoms with E-state index in [2.05, 4.69) is 9.88 Å². The second kappa shape index (κ2) is 9.62. The highest BCUT2D eigenvalue weighted by Gasteiger charge is 2.26. The number of ether oxygens (including phenoxy) is 2. The van der Waals surface area contributed by atoms with Gasteiger partial charge in [-0.15, -0.1) is 0 Å². The Kier molecular flexibility index (Phi) is 7.50. The number of unbranched alkanes of at least 4 members (excludes halogenated alkanes) is 2. The van der Waals surface area contributed by atoms with Crippen molar-refractivity contribution in [3.8, 4) is 5.75 Å². The Labute approximate surface area is 155 Å². The molecule has 1 aromatic heterocycles. The molecule has 146 valence electrons. The van der Waals surface area contributed by atoms with Crippen molar-refractivity contribution in [2.45, 2.75) is 45.6 Å². The second-order valence-corrected chi connectivity index (χ2v) is 7.44. The van der Waals surface area contributed by atoms with Gasteiger partial charge in [-0.1, -0.05) is 0 Å². The normalized spacial score (nSPS) is 15.1. The lowest BCUT2D eigenvalue weighted by Crippen LogP contribution is -2.50. The maximum absolute atomic E-state index is 12.1. The molecule has 0 aromatic carbocycles. The topological polar surface area (TPSA) is 75.1 Å². The van der Waals surface area contributed by atoms with Gasteiger partial charge in [-0.2, -0.15) is 0 Å². The van der Waals surface area contributed by atoms with Crippen LogP contribution < -0.4 is 9.64 Å². The van der Waals surface area contributed by atoms with Crippen LogP contribution in [-0.2, 0) is 4.74 Å². The van der Waals surface area contributed by atoms with E-state index in [4.69, 9.17) is 14.6 Å². The van der Waals surface area contributed by atoms with Crippen LogP contribution >= 0.6 is 0 Å². The molecule has 0 aliphatic carbocycles. The van der Waals surface area contributed by atoms with E-state index >= 15 is 0 Å². The molecule has 0 radical (unpaired) electrons. The molecule has 0 saturated carbocycles. The Morgan fingerprint density at radius 1 is 1.15 bits per heavy atom. The highest BCUT2D eigenvalue weighted by molar-refractivity contribution is 5.68. The summed E-state index contributed by atoms with van der Waals surface area (Å²) in [6.07, 6.45) is 4.19. The van der Waals surface area contributed by atoms with Crippen LogP contribution in [0.1, 0.15) is 40.0 Å². The first kappa shape index (κ1) is 20.3. The summed E-state index contributed by atoms with van der Waals surface area (Å²) in [5.41, 5.74) is -0.469. The minimum atomic E-state index is -0.469. The van der Waals surface area contributed by atoms with E-state index in [1.807, 2.05) is 32.9 Å². The lowest BCUT2D eigenvalue weighted by Gasteiger charge is -2.36. The molecule has 1 saturated heterocycles. The number of hydrogen-bond acceptors (Lipinski definition) is 6. The molecular formula is C19H31N3O4. The van der Waals surface area contributed by atoms with Crippen LogP contribution in [0.4, 0.5) is 10.6 Å². The predicted molar refractivity (Wildman–Crippen MR) is 101 cm³/mol. The molecule has 1 aliphatic heterocycles. The number of aliphatic hydroxyl groups is 1. The first-order chi connectivity index (χ1) is 12.4. The van der Waals surface area contributed by atoms with Gasteiger partial charge in [0.1, 0.15) is 17.2 Å². The first-order valence-electron chi connectivity index (χ1n) is 9.31. The van der Waals surface area contributed by atoms with Crippen molar-refractivity contribution in [1.29, 1.82) is 0 Å². The maximum Gasteiger partial charge on any atom is 0.410 e. The van der Waals surface area contributed by atoms with E-state index in [1.165, 1.54) is 0 Å². The van der Waals surface area contributed by atoms with Gasteiger partial charge >= 0.3 is 6.09 Å². The van der Waals surface area contributed by atoms with Crippen molar-refractivity contribution in [3.63, 3.8) is 0 Å². The van der Waals surface area contributed by atoms with Crippen molar-refractivity contribution in [2.75, 3.05) is 44.3 Å². The van der Waals surface area contributed by atoms with Crippen molar-refractivity contribution in [3.05, 3.63) is 18.3 Å². The van der Waals surface area contributed by atoms with E-state index in [0.717, 1.165) is 43.9 Å². The number of aromatic nitrogens is 1. The number of carbonyl (C=O) groups is 1. The van der Waals surface area contributed by atoms with Crippen molar-refractivity contribution < 1.29 is 19.4 Å². The number of rotatable bonds is 7. The predicted octanol–water partition coefficient (Wildman–Crippen LogP) is 2.68. The van der Waals surface area contributed by atoms with Gasteiger partial charge < -0.3 is 24.4 Å². The fraction of sp³-hybridized carbons (Fsp3) is 0.684. The Morgan fingerprint density at radius 2 is 1.88 bits per heavy atom. The van der Waals surface area contributed by atoms with E-state index in [-0.39, 0.29) is 12.7 Å². The molecule has 0 unspecified atom stereocenters. The lowest BCUT2D eigenvalue weighted by molar-refractivity contribution is 0.0240. The number of aliphatic hydroxyl groups excluding tert-OH is 1. The van der Waals surface area contributed by atoms with Crippen LogP contribution in [0.25, 0.3) is 0 Å². The first-order valence-corrected chi connectivity index (χ1v) is 9.31. The largest absolute Gasteiger partial charge is 0.492 e. The van der Waals surface area contributed by atoms with Gasteiger partial charge in [0, 0.05) is 32.8 Å². The molecule has 0 spiro atoms. The Morgan fingerprint density at radius 3 is 2.46 bits per heavy atom. The van der Waals surface area contributed by atoms with Crippen molar-refractivity contribution in [2.24, 2.45) is 0 Å². The summed E-state index contributed by atoms with van der Waals surface area (Å²) < 4.78 is 11.1. The van der Waals surface area contributed by atoms with Gasteiger partial charge in [-0.25, -0.2) is 9.78 Å². The minimum Gasteiger partial charge on any atom is -0.492 e. The molecule has 1 N–H and O–H groups in total. The molecule has 0 atom stereocenters. The SMILES string of the molecule is CC(C)(C)OC(=O)N1CCN(c2ccc(OCCCCCO)cn2)CC1. The zero-order valence-corrected chi connectivity index (χ0v) is 16.1. The third kappa shape index (κ3) is 6.71. The Bertz CT molecular complexity index is 549. The molecule has 0 bridgehead atoms. The highest BCUT2D eigenvalue weighted by Crippen LogP contribution is 2.19. The van der Waals surface area contributed by atoms with E-state index in [0.29, 0.717) is 19.7 Å². The molecule has 1 aliphatic rings. The van der Waals surface area contributed by atoms with Crippen molar-refractivity contribution >= 4 is 11.9 Å². The van der Waals surface area contributed by atoms with Gasteiger partial charge in [0.2, 0.25) is 0 Å². The summed E-state index contributed by atoms with van der Waals surface area (Å²) in [5, 5.41) is 8.75. The monoisotopic (exact) mass is 365 g/mol. The zero-order valence-electron chi connectivity index (χ0n) is 16.1. The minimum absolute atomic E-state index is 0.234. The molecule has 1 aromatic rings. The second-order valence-electron chi connectivity index (χ2n) is 7.44. The standard InChI is InChI=1S/C19H31N3O4/c1-19(2,3)26-18(24)22-11-9-21(10-12-22)17-8-7-16(15-20-17)25-14-6-4-5-13-23/h7-8,15,23H,4-6,9-14H2,1-3H3. The molecule has 7 nitrogen and oxygen atoms in total. The van der Waals surface area contributed by atoms with E-state index < -0.39 is 5.60 Å². The number of pyridine rings is 1. The Balaban J connectivity index is 1.76. The van der Waals surface area contributed by atoms with Gasteiger partial charge in [0.25, 0.3) is 0 Å². The molecule has 1 fully saturated rings. The summed E-state index contributed by atoms with van der Waals surface area (Å²) in [6.45, 7) is 9.21. The number of nitrogens with zero attached hydrogens (tertiary/aromatic N) is 3. The van der Waals surface area contributed by atoms with E-state index in [9.17, 15) is 4.79 Å². The summed E-state index contributed by atoms with van der Waals surface area (Å²) in [7, 11) is 0.